The molecule has 0 aliphatic carbocycles. The molecule has 1 atom stereocenters. The first-order chi connectivity index (χ1) is 17.2. The zero-order valence-electron chi connectivity index (χ0n) is 21.3. The molecule has 10 heteroatoms. The first-order valence-corrected chi connectivity index (χ1v) is 12.8. The van der Waals surface area contributed by atoms with E-state index < -0.39 is 0 Å². The summed E-state index contributed by atoms with van der Waals surface area (Å²) in [6, 6.07) is 4.66. The van der Waals surface area contributed by atoms with E-state index in [4.69, 9.17) is 16.3 Å². The number of nitrogens with one attached hydrogen (secondary N) is 2. The molecule has 1 aliphatic rings. The Balaban J connectivity index is 1.73. The number of rotatable bonds is 5. The number of aryl methyl sites for hydroxylation is 2. The molecule has 0 unspecified atom stereocenters. The third kappa shape index (κ3) is 8.55. The van der Waals surface area contributed by atoms with E-state index in [0.29, 0.717) is 67.4 Å². The van der Waals surface area contributed by atoms with Gasteiger partial charge in [0.2, 0.25) is 11.8 Å². The van der Waals surface area contributed by atoms with Crippen molar-refractivity contribution >= 4 is 29.3 Å². The van der Waals surface area contributed by atoms with Gasteiger partial charge in [-0.05, 0) is 55.4 Å². The molecular weight excluding hydrogens is 482 g/mol. The van der Waals surface area contributed by atoms with Crippen LogP contribution >= 0.6 is 11.6 Å². The van der Waals surface area contributed by atoms with Crippen molar-refractivity contribution in [1.82, 2.24) is 25.3 Å². The molecular formula is C26H36ClN5O4. The number of hydrogen-bond donors (Lipinski definition) is 2. The fourth-order valence-corrected chi connectivity index (χ4v) is 4.38. The van der Waals surface area contributed by atoms with Crippen molar-refractivity contribution in [3.63, 3.8) is 0 Å². The average Bonchev–Trinajstić information content (AvgIpc) is 3.24. The average molecular weight is 518 g/mol. The summed E-state index contributed by atoms with van der Waals surface area (Å²) in [5.41, 5.74) is 1.34. The van der Waals surface area contributed by atoms with Gasteiger partial charge in [0.15, 0.2) is 0 Å². The van der Waals surface area contributed by atoms with Crippen molar-refractivity contribution in [3.8, 4) is 5.75 Å². The van der Waals surface area contributed by atoms with Crippen molar-refractivity contribution in [2.24, 2.45) is 13.0 Å². The SMILES string of the molecule is CC(C)C[C@@H]1COc2ccc(Cl)cc2C(=O)NCCCCN(C(=O)CCc2cnn(C)c2)CC(=O)N1. The number of ether oxygens (including phenoxy) is 1. The number of nitrogens with zero attached hydrogens (tertiary/aromatic N) is 3. The first-order valence-electron chi connectivity index (χ1n) is 12.5. The van der Waals surface area contributed by atoms with Crippen LogP contribution in [-0.2, 0) is 23.1 Å². The molecule has 36 heavy (non-hydrogen) atoms. The maximum absolute atomic E-state index is 13.0. The lowest BCUT2D eigenvalue weighted by molar-refractivity contribution is -0.136. The van der Waals surface area contributed by atoms with Crippen molar-refractivity contribution in [1.29, 1.82) is 0 Å². The van der Waals surface area contributed by atoms with E-state index in [1.807, 2.05) is 13.2 Å². The molecule has 1 aromatic carbocycles. The summed E-state index contributed by atoms with van der Waals surface area (Å²) in [7, 11) is 1.84. The molecule has 2 N–H and O–H groups in total. The fourth-order valence-electron chi connectivity index (χ4n) is 4.21. The second-order valence-electron chi connectivity index (χ2n) is 9.65. The van der Waals surface area contributed by atoms with Gasteiger partial charge >= 0.3 is 0 Å². The Morgan fingerprint density at radius 1 is 1.28 bits per heavy atom. The van der Waals surface area contributed by atoms with Gasteiger partial charge < -0.3 is 20.3 Å². The Labute approximate surface area is 217 Å². The molecule has 3 rings (SSSR count). The van der Waals surface area contributed by atoms with Crippen LogP contribution < -0.4 is 15.4 Å². The van der Waals surface area contributed by atoms with Crippen molar-refractivity contribution in [2.75, 3.05) is 26.2 Å². The van der Waals surface area contributed by atoms with E-state index in [-0.39, 0.29) is 36.9 Å². The lowest BCUT2D eigenvalue weighted by atomic mass is 10.0. The van der Waals surface area contributed by atoms with Crippen LogP contribution in [0.5, 0.6) is 5.75 Å². The van der Waals surface area contributed by atoms with E-state index in [1.165, 1.54) is 0 Å². The summed E-state index contributed by atoms with van der Waals surface area (Å²) in [6.07, 6.45) is 6.49. The second-order valence-corrected chi connectivity index (χ2v) is 10.1. The number of benzene rings is 1. The third-order valence-corrected chi connectivity index (χ3v) is 6.20. The summed E-state index contributed by atoms with van der Waals surface area (Å²) in [4.78, 5) is 40.4. The van der Waals surface area contributed by atoms with Crippen LogP contribution in [0.1, 0.15) is 55.5 Å². The minimum absolute atomic E-state index is 0.0149. The number of fused-ring (bicyclic) bond motifs is 1. The molecule has 196 valence electrons. The first kappa shape index (κ1) is 27.5. The maximum atomic E-state index is 13.0. The minimum Gasteiger partial charge on any atom is -0.491 e. The molecule has 1 aromatic heterocycles. The number of aromatic nitrogens is 2. The predicted octanol–water partition coefficient (Wildman–Crippen LogP) is 2.97. The van der Waals surface area contributed by atoms with Crippen LogP contribution in [0.3, 0.4) is 0 Å². The number of halogens is 1. The molecule has 2 heterocycles. The summed E-state index contributed by atoms with van der Waals surface area (Å²) in [6.45, 7) is 5.18. The molecule has 0 bridgehead atoms. The van der Waals surface area contributed by atoms with E-state index >= 15 is 0 Å². The zero-order valence-corrected chi connectivity index (χ0v) is 22.0. The van der Waals surface area contributed by atoms with Crippen molar-refractivity contribution in [2.45, 2.75) is 52.0 Å². The molecule has 0 fully saturated rings. The van der Waals surface area contributed by atoms with Crippen LogP contribution in [0.15, 0.2) is 30.6 Å². The number of hydrogen-bond acceptors (Lipinski definition) is 5. The highest BCUT2D eigenvalue weighted by Gasteiger charge is 2.22. The number of amides is 3. The predicted molar refractivity (Wildman–Crippen MR) is 138 cm³/mol. The quantitative estimate of drug-likeness (QED) is 0.634. The molecule has 0 radical (unpaired) electrons. The summed E-state index contributed by atoms with van der Waals surface area (Å²) in [5, 5.41) is 10.5. The van der Waals surface area contributed by atoms with Crippen molar-refractivity contribution in [3.05, 3.63) is 46.7 Å². The van der Waals surface area contributed by atoms with Crippen LogP contribution in [0, 0.1) is 5.92 Å². The lowest BCUT2D eigenvalue weighted by Crippen LogP contribution is -2.46. The highest BCUT2D eigenvalue weighted by Crippen LogP contribution is 2.24. The van der Waals surface area contributed by atoms with Gasteiger partial charge in [-0.1, -0.05) is 25.4 Å². The standard InChI is InChI=1S/C26H36ClN5O4/c1-18(2)12-21-17-36-23-8-7-20(27)13-22(23)26(35)28-10-4-5-11-32(16-24(33)30-21)25(34)9-6-19-14-29-31(3)15-19/h7-8,13-15,18,21H,4-6,9-12,16-17H2,1-3H3,(H,28,35)(H,30,33)/t21-/m1/s1. The highest BCUT2D eigenvalue weighted by molar-refractivity contribution is 6.31. The second kappa shape index (κ2) is 13.3. The monoisotopic (exact) mass is 517 g/mol. The largest absolute Gasteiger partial charge is 0.491 e. The van der Waals surface area contributed by atoms with Gasteiger partial charge in [0.05, 0.1) is 24.3 Å². The zero-order chi connectivity index (χ0) is 26.1. The Hall–Kier alpha value is -3.07. The summed E-state index contributed by atoms with van der Waals surface area (Å²) >= 11 is 6.13. The van der Waals surface area contributed by atoms with Gasteiger partial charge in [0.25, 0.3) is 5.91 Å². The molecule has 0 saturated carbocycles. The molecule has 3 amide bonds. The molecule has 9 nitrogen and oxygen atoms in total. The Bertz CT molecular complexity index is 1050. The van der Waals surface area contributed by atoms with Crippen LogP contribution in [0.2, 0.25) is 5.02 Å². The minimum atomic E-state index is -0.276. The smallest absolute Gasteiger partial charge is 0.255 e. The van der Waals surface area contributed by atoms with Gasteiger partial charge in [0.1, 0.15) is 12.4 Å². The van der Waals surface area contributed by atoms with E-state index in [9.17, 15) is 14.4 Å². The molecule has 2 aromatic rings. The molecule has 0 saturated heterocycles. The van der Waals surface area contributed by atoms with E-state index in [1.54, 1.807) is 34.0 Å². The van der Waals surface area contributed by atoms with Gasteiger partial charge in [-0.3, -0.25) is 19.1 Å². The summed E-state index contributed by atoms with van der Waals surface area (Å²) < 4.78 is 7.70. The normalized spacial score (nSPS) is 17.9. The Morgan fingerprint density at radius 3 is 2.81 bits per heavy atom. The molecule has 0 spiro atoms. The van der Waals surface area contributed by atoms with Crippen LogP contribution in [0.25, 0.3) is 0 Å². The van der Waals surface area contributed by atoms with Gasteiger partial charge in [0, 0.05) is 37.8 Å². The van der Waals surface area contributed by atoms with E-state index in [0.717, 1.165) is 5.56 Å². The fraction of sp³-hybridized carbons (Fsp3) is 0.538. The highest BCUT2D eigenvalue weighted by atomic mass is 35.5. The van der Waals surface area contributed by atoms with Crippen LogP contribution in [0.4, 0.5) is 0 Å². The van der Waals surface area contributed by atoms with Gasteiger partial charge in [-0.15, -0.1) is 0 Å². The van der Waals surface area contributed by atoms with Crippen LogP contribution in [-0.4, -0.2) is 64.7 Å². The topological polar surface area (TPSA) is 106 Å². The third-order valence-electron chi connectivity index (χ3n) is 5.96. The summed E-state index contributed by atoms with van der Waals surface area (Å²) in [5.74, 6) is 0.157. The van der Waals surface area contributed by atoms with Gasteiger partial charge in [-0.2, -0.15) is 5.10 Å². The Morgan fingerprint density at radius 2 is 2.08 bits per heavy atom. The van der Waals surface area contributed by atoms with Crippen molar-refractivity contribution < 1.29 is 19.1 Å². The van der Waals surface area contributed by atoms with Gasteiger partial charge in [-0.25, -0.2) is 0 Å². The Kier molecular flexibility index (Phi) is 10.2. The molecule has 1 aliphatic heterocycles. The lowest BCUT2D eigenvalue weighted by Gasteiger charge is -2.25. The maximum Gasteiger partial charge on any atom is 0.255 e. The van der Waals surface area contributed by atoms with E-state index in [2.05, 4.69) is 29.6 Å². The number of carbonyl (C=O) groups is 3. The number of carbonyl (C=O) groups excluding carboxylic acids is 3.